The van der Waals surface area contributed by atoms with Gasteiger partial charge in [0.2, 0.25) is 5.91 Å². The summed E-state index contributed by atoms with van der Waals surface area (Å²) in [5, 5.41) is 3.29. The third-order valence-electron chi connectivity index (χ3n) is 6.88. The number of carbonyl (C=O) groups excluding carboxylic acids is 2. The van der Waals surface area contributed by atoms with Crippen LogP contribution < -0.4 is 10.9 Å². The topological polar surface area (TPSA) is 110 Å². The van der Waals surface area contributed by atoms with Crippen molar-refractivity contribution in [1.82, 2.24) is 24.4 Å². The molecule has 1 N–H and O–H groups in total. The molecule has 1 unspecified atom stereocenters. The Morgan fingerprint density at radius 3 is 2.50 bits per heavy atom. The van der Waals surface area contributed by atoms with E-state index in [9.17, 15) is 14.4 Å². The smallest absolute Gasteiger partial charge is 0.284 e. The summed E-state index contributed by atoms with van der Waals surface area (Å²) in [6, 6.07) is 20.2. The van der Waals surface area contributed by atoms with Crippen molar-refractivity contribution in [1.29, 1.82) is 0 Å². The molecule has 4 heterocycles. The molecule has 1 aliphatic rings. The number of anilines is 1. The highest BCUT2D eigenvalue weighted by molar-refractivity contribution is 6.31. The lowest BCUT2D eigenvalue weighted by atomic mass is 10.1. The highest BCUT2D eigenvalue weighted by Gasteiger charge is 2.36. The maximum Gasteiger partial charge on any atom is 0.284 e. The van der Waals surface area contributed by atoms with Crippen LogP contribution in [0.15, 0.2) is 90.0 Å². The zero-order valence-electron chi connectivity index (χ0n) is 21.4. The molecule has 0 saturated heterocycles. The molecule has 1 atom stereocenters. The van der Waals surface area contributed by atoms with Gasteiger partial charge in [-0.3, -0.25) is 23.9 Å². The van der Waals surface area contributed by atoms with Gasteiger partial charge in [-0.15, -0.1) is 0 Å². The summed E-state index contributed by atoms with van der Waals surface area (Å²) >= 11 is 6.16. The number of hydrogen-bond donors (Lipinski definition) is 1. The van der Waals surface area contributed by atoms with Gasteiger partial charge in [-0.2, -0.15) is 0 Å². The van der Waals surface area contributed by atoms with Crippen LogP contribution in [0.5, 0.6) is 0 Å². The number of nitrogens with one attached hydrogen (secondary N) is 1. The van der Waals surface area contributed by atoms with E-state index in [2.05, 4.69) is 20.3 Å². The lowest BCUT2D eigenvalue weighted by Gasteiger charge is -2.29. The third kappa shape index (κ3) is 4.71. The van der Waals surface area contributed by atoms with E-state index < -0.39 is 6.04 Å². The fraction of sp³-hybridized carbons (Fsp3) is 0.133. The molecule has 0 bridgehead atoms. The molecular formula is C30H23ClN6O3. The number of halogens is 1. The van der Waals surface area contributed by atoms with Gasteiger partial charge < -0.3 is 10.2 Å². The Labute approximate surface area is 234 Å². The average Bonchev–Trinajstić information content (AvgIpc) is 3.04. The van der Waals surface area contributed by atoms with Gasteiger partial charge >= 0.3 is 0 Å². The predicted molar refractivity (Wildman–Crippen MR) is 152 cm³/mol. The first kappa shape index (κ1) is 25.4. The molecule has 0 spiro atoms. The lowest BCUT2D eigenvalue weighted by molar-refractivity contribution is -0.120. The number of amides is 2. The third-order valence-corrected chi connectivity index (χ3v) is 7.12. The van der Waals surface area contributed by atoms with Gasteiger partial charge in [-0.05, 0) is 67.1 Å². The highest BCUT2D eigenvalue weighted by Crippen LogP contribution is 2.29. The van der Waals surface area contributed by atoms with Crippen molar-refractivity contribution >= 4 is 40.1 Å². The summed E-state index contributed by atoms with van der Waals surface area (Å²) in [7, 11) is 0. The molecule has 2 aromatic carbocycles. The number of rotatable bonds is 5. The van der Waals surface area contributed by atoms with Crippen LogP contribution in [-0.2, 0) is 17.8 Å². The monoisotopic (exact) mass is 550 g/mol. The summed E-state index contributed by atoms with van der Waals surface area (Å²) in [6.07, 6.45) is 3.46. The van der Waals surface area contributed by atoms with Crippen molar-refractivity contribution in [2.24, 2.45) is 0 Å². The summed E-state index contributed by atoms with van der Waals surface area (Å²) < 4.78 is 1.51. The number of carbonyl (C=O) groups is 2. The van der Waals surface area contributed by atoms with Gasteiger partial charge in [0, 0.05) is 36.1 Å². The van der Waals surface area contributed by atoms with Crippen LogP contribution in [0.1, 0.15) is 27.4 Å². The van der Waals surface area contributed by atoms with Crippen LogP contribution in [0.25, 0.3) is 16.7 Å². The first-order valence-electron chi connectivity index (χ1n) is 12.6. The number of hydrogen-bond acceptors (Lipinski definition) is 6. The number of benzene rings is 2. The molecule has 3 aromatic heterocycles. The molecule has 0 saturated carbocycles. The van der Waals surface area contributed by atoms with Crippen LogP contribution in [0, 0.1) is 6.92 Å². The summed E-state index contributed by atoms with van der Waals surface area (Å²) in [5.74, 6) is -0.0937. The van der Waals surface area contributed by atoms with Crippen molar-refractivity contribution in [3.63, 3.8) is 0 Å². The van der Waals surface area contributed by atoms with Crippen molar-refractivity contribution in [3.05, 3.63) is 123 Å². The number of nitrogens with zero attached hydrogens (tertiary/aromatic N) is 5. The molecule has 5 aromatic rings. The van der Waals surface area contributed by atoms with E-state index in [0.717, 1.165) is 5.56 Å². The van der Waals surface area contributed by atoms with Crippen molar-refractivity contribution in [2.45, 2.75) is 25.9 Å². The summed E-state index contributed by atoms with van der Waals surface area (Å²) in [6.45, 7) is 1.93. The highest BCUT2D eigenvalue weighted by atomic mass is 35.5. The van der Waals surface area contributed by atoms with Gasteiger partial charge in [0.15, 0.2) is 5.52 Å². The molecule has 2 amide bonds. The Balaban J connectivity index is 1.36. The maximum absolute atomic E-state index is 13.8. The molecule has 198 valence electrons. The Morgan fingerprint density at radius 1 is 0.925 bits per heavy atom. The molecule has 40 heavy (non-hydrogen) atoms. The maximum atomic E-state index is 13.8. The van der Waals surface area contributed by atoms with Crippen LogP contribution >= 0.6 is 11.6 Å². The van der Waals surface area contributed by atoms with Crippen LogP contribution in [0.3, 0.4) is 0 Å². The standard InChI is InChI=1S/C30H23ClN6O3/c1-18-34-24-6-4-14-33-27(24)30(40)37(18)22-10-7-19(8-11-22)17-36-26(16-21-5-2-3-13-32-21)28(38)35-25-15-20(31)9-12-23(25)29(36)39/h2-15,26H,16-17H2,1H3,(H,35,38). The van der Waals surface area contributed by atoms with E-state index in [4.69, 9.17) is 11.6 Å². The SMILES string of the molecule is Cc1nc2cccnc2c(=O)n1-c1ccc(CN2C(=O)c3ccc(Cl)cc3NC(=O)C2Cc2ccccn2)cc1. The summed E-state index contributed by atoms with van der Waals surface area (Å²) in [4.78, 5) is 55.1. The number of aryl methyl sites for hydroxylation is 1. The molecule has 10 heteroatoms. The fourth-order valence-electron chi connectivity index (χ4n) is 4.94. The van der Waals surface area contributed by atoms with Crippen LogP contribution in [0.2, 0.25) is 5.02 Å². The second-order valence-electron chi connectivity index (χ2n) is 9.49. The number of fused-ring (bicyclic) bond motifs is 2. The van der Waals surface area contributed by atoms with Crippen LogP contribution in [-0.4, -0.2) is 42.3 Å². The number of aromatic nitrogens is 4. The second kappa shape index (κ2) is 10.3. The second-order valence-corrected chi connectivity index (χ2v) is 9.93. The van der Waals surface area contributed by atoms with E-state index in [1.54, 1.807) is 72.7 Å². The Morgan fingerprint density at radius 2 is 1.73 bits per heavy atom. The normalized spacial score (nSPS) is 15.1. The fourth-order valence-corrected chi connectivity index (χ4v) is 5.11. The van der Waals surface area contributed by atoms with Gasteiger partial charge in [0.1, 0.15) is 11.9 Å². The van der Waals surface area contributed by atoms with E-state index in [1.165, 1.54) is 4.57 Å². The molecule has 9 nitrogen and oxygen atoms in total. The minimum Gasteiger partial charge on any atom is -0.323 e. The van der Waals surface area contributed by atoms with Crippen molar-refractivity contribution in [2.75, 3.05) is 5.32 Å². The van der Waals surface area contributed by atoms with Gasteiger partial charge in [0.05, 0.1) is 22.5 Å². The van der Waals surface area contributed by atoms with Crippen molar-refractivity contribution in [3.8, 4) is 5.69 Å². The first-order chi connectivity index (χ1) is 19.4. The molecule has 1 aliphatic heterocycles. The summed E-state index contributed by atoms with van der Waals surface area (Å²) in [5.41, 5.74) is 3.38. The Bertz CT molecular complexity index is 1820. The molecular weight excluding hydrogens is 528 g/mol. The van der Waals surface area contributed by atoms with Gasteiger partial charge in [-0.25, -0.2) is 9.97 Å². The van der Waals surface area contributed by atoms with Crippen molar-refractivity contribution < 1.29 is 9.59 Å². The molecule has 6 rings (SSSR count). The van der Waals surface area contributed by atoms with E-state index in [0.29, 0.717) is 39.0 Å². The van der Waals surface area contributed by atoms with Gasteiger partial charge in [-0.1, -0.05) is 29.8 Å². The first-order valence-corrected chi connectivity index (χ1v) is 13.0. The molecule has 0 fully saturated rings. The van der Waals surface area contributed by atoms with E-state index in [-0.39, 0.29) is 35.9 Å². The number of pyridine rings is 2. The van der Waals surface area contributed by atoms with E-state index >= 15 is 0 Å². The Kier molecular flexibility index (Phi) is 6.57. The minimum absolute atomic E-state index is 0.164. The van der Waals surface area contributed by atoms with Crippen LogP contribution in [0.4, 0.5) is 5.69 Å². The predicted octanol–water partition coefficient (Wildman–Crippen LogP) is 4.34. The lowest BCUT2D eigenvalue weighted by Crippen LogP contribution is -2.46. The quantitative estimate of drug-likeness (QED) is 0.348. The molecule has 0 radical (unpaired) electrons. The zero-order valence-corrected chi connectivity index (χ0v) is 22.2. The van der Waals surface area contributed by atoms with Gasteiger partial charge in [0.25, 0.3) is 11.5 Å². The Hall–Kier alpha value is -4.89. The van der Waals surface area contributed by atoms with E-state index in [1.807, 2.05) is 24.3 Å². The largest absolute Gasteiger partial charge is 0.323 e. The minimum atomic E-state index is -0.811. The molecule has 0 aliphatic carbocycles. The zero-order chi connectivity index (χ0) is 27.8. The average molecular weight is 551 g/mol.